The van der Waals surface area contributed by atoms with Crippen molar-refractivity contribution in [2.75, 3.05) is 0 Å². The van der Waals surface area contributed by atoms with E-state index in [1.165, 1.54) is 12.1 Å². The Kier molecular flexibility index (Phi) is 5.46. The molecule has 1 aromatic carbocycles. The molecule has 0 aliphatic heterocycles. The molecule has 0 bridgehead atoms. The van der Waals surface area contributed by atoms with Crippen LogP contribution < -0.4 is 0 Å². The van der Waals surface area contributed by atoms with Crippen LogP contribution in [0.4, 0.5) is 0 Å². The topological polar surface area (TPSA) is 104 Å². The summed E-state index contributed by atoms with van der Waals surface area (Å²) in [7, 11) is 0. The molecule has 0 spiro atoms. The summed E-state index contributed by atoms with van der Waals surface area (Å²) in [6.45, 7) is 5.13. The Morgan fingerprint density at radius 1 is 1.19 bits per heavy atom. The number of aliphatic hydroxyl groups is 2. The molecular weight excluding hydrogens is 276 g/mol. The number of esters is 1. The summed E-state index contributed by atoms with van der Waals surface area (Å²) in [6.07, 6.45) is -3.61. The lowest BCUT2D eigenvalue weighted by Crippen LogP contribution is -2.27. The van der Waals surface area contributed by atoms with Crippen LogP contribution in [0.15, 0.2) is 24.3 Å². The molecule has 6 heteroatoms. The summed E-state index contributed by atoms with van der Waals surface area (Å²) >= 11 is 0. The Balaban J connectivity index is 3.03. The van der Waals surface area contributed by atoms with Gasteiger partial charge in [-0.3, -0.25) is 4.79 Å². The van der Waals surface area contributed by atoms with Gasteiger partial charge in [0.25, 0.3) is 0 Å². The van der Waals surface area contributed by atoms with E-state index in [9.17, 15) is 19.8 Å². The standard InChI is InChI=1S/C15H20O6/c1-15(2,3)21-14(20)10-7-5-4-6-9(10)13(19)11(16)8-12(17)18/h4-7,11,13,16,19H,8H2,1-3H3,(H,17,18). The zero-order valence-corrected chi connectivity index (χ0v) is 12.2. The molecule has 21 heavy (non-hydrogen) atoms. The number of carboxylic acids is 1. The van der Waals surface area contributed by atoms with E-state index < -0.39 is 36.2 Å². The second kappa shape index (κ2) is 6.69. The van der Waals surface area contributed by atoms with Crippen LogP contribution >= 0.6 is 0 Å². The Morgan fingerprint density at radius 2 is 1.76 bits per heavy atom. The van der Waals surface area contributed by atoms with Gasteiger partial charge in [0, 0.05) is 0 Å². The number of carbonyl (C=O) groups is 2. The fourth-order valence-electron chi connectivity index (χ4n) is 1.77. The maximum Gasteiger partial charge on any atom is 0.339 e. The number of carbonyl (C=O) groups excluding carboxylic acids is 1. The predicted molar refractivity (Wildman–Crippen MR) is 74.8 cm³/mol. The zero-order valence-electron chi connectivity index (χ0n) is 12.2. The monoisotopic (exact) mass is 296 g/mol. The van der Waals surface area contributed by atoms with Crippen LogP contribution in [0.25, 0.3) is 0 Å². The number of rotatable bonds is 5. The van der Waals surface area contributed by atoms with Crippen molar-refractivity contribution in [3.8, 4) is 0 Å². The van der Waals surface area contributed by atoms with Gasteiger partial charge >= 0.3 is 11.9 Å². The van der Waals surface area contributed by atoms with E-state index in [1.54, 1.807) is 32.9 Å². The van der Waals surface area contributed by atoms with Crippen molar-refractivity contribution < 1.29 is 29.6 Å². The fraction of sp³-hybridized carbons (Fsp3) is 0.467. The first-order chi connectivity index (χ1) is 9.61. The van der Waals surface area contributed by atoms with Gasteiger partial charge in [-0.05, 0) is 32.4 Å². The second-order valence-corrected chi connectivity index (χ2v) is 5.70. The summed E-state index contributed by atoms with van der Waals surface area (Å²) in [4.78, 5) is 22.7. The molecule has 0 amide bonds. The Labute approximate surface area is 123 Å². The van der Waals surface area contributed by atoms with Gasteiger partial charge in [-0.2, -0.15) is 0 Å². The van der Waals surface area contributed by atoms with Crippen LogP contribution in [0.5, 0.6) is 0 Å². The van der Waals surface area contributed by atoms with E-state index in [1.807, 2.05) is 0 Å². The summed E-state index contributed by atoms with van der Waals surface area (Å²) in [6, 6.07) is 6.09. The lowest BCUT2D eigenvalue weighted by Gasteiger charge is -2.23. The van der Waals surface area contributed by atoms with Gasteiger partial charge in [0.05, 0.1) is 18.1 Å². The van der Waals surface area contributed by atoms with Crippen LogP contribution in [-0.2, 0) is 9.53 Å². The molecule has 0 fully saturated rings. The van der Waals surface area contributed by atoms with Gasteiger partial charge in [-0.15, -0.1) is 0 Å². The highest BCUT2D eigenvalue weighted by Crippen LogP contribution is 2.24. The fourth-order valence-corrected chi connectivity index (χ4v) is 1.77. The highest BCUT2D eigenvalue weighted by Gasteiger charge is 2.27. The van der Waals surface area contributed by atoms with E-state index >= 15 is 0 Å². The molecule has 2 unspecified atom stereocenters. The number of hydrogen-bond donors (Lipinski definition) is 3. The molecule has 6 nitrogen and oxygen atoms in total. The Hall–Kier alpha value is -1.92. The minimum absolute atomic E-state index is 0.101. The van der Waals surface area contributed by atoms with E-state index in [-0.39, 0.29) is 11.1 Å². The molecule has 0 aliphatic carbocycles. The quantitative estimate of drug-likeness (QED) is 0.711. The average Bonchev–Trinajstić information content (AvgIpc) is 2.35. The molecule has 2 atom stereocenters. The van der Waals surface area contributed by atoms with E-state index in [0.29, 0.717) is 0 Å². The lowest BCUT2D eigenvalue weighted by atomic mass is 9.97. The molecule has 0 aromatic heterocycles. The van der Waals surface area contributed by atoms with Crippen molar-refractivity contribution in [1.29, 1.82) is 0 Å². The molecule has 0 radical (unpaired) electrons. The molecule has 1 rings (SSSR count). The molecule has 1 aromatic rings. The Morgan fingerprint density at radius 3 is 2.29 bits per heavy atom. The third-order valence-electron chi connectivity index (χ3n) is 2.65. The zero-order chi connectivity index (χ0) is 16.2. The van der Waals surface area contributed by atoms with Gasteiger partial charge in [0.2, 0.25) is 0 Å². The molecule has 0 saturated carbocycles. The van der Waals surface area contributed by atoms with Gasteiger partial charge in [-0.1, -0.05) is 18.2 Å². The van der Waals surface area contributed by atoms with Crippen molar-refractivity contribution >= 4 is 11.9 Å². The molecule has 0 saturated heterocycles. The number of benzene rings is 1. The normalized spacial score (nSPS) is 14.3. The SMILES string of the molecule is CC(C)(C)OC(=O)c1ccccc1C(O)C(O)CC(=O)O. The molecule has 116 valence electrons. The number of aliphatic hydroxyl groups excluding tert-OH is 2. The van der Waals surface area contributed by atoms with Crippen LogP contribution in [-0.4, -0.2) is 39.0 Å². The van der Waals surface area contributed by atoms with E-state index in [0.717, 1.165) is 0 Å². The van der Waals surface area contributed by atoms with Gasteiger partial charge < -0.3 is 20.1 Å². The molecular formula is C15H20O6. The number of hydrogen-bond acceptors (Lipinski definition) is 5. The summed E-state index contributed by atoms with van der Waals surface area (Å²) in [5, 5.41) is 28.4. The van der Waals surface area contributed by atoms with Gasteiger partial charge in [0.1, 0.15) is 11.7 Å². The summed E-state index contributed by atoms with van der Waals surface area (Å²) < 4.78 is 5.23. The smallest absolute Gasteiger partial charge is 0.339 e. The highest BCUT2D eigenvalue weighted by atomic mass is 16.6. The molecule has 3 N–H and O–H groups in total. The first kappa shape index (κ1) is 17.1. The van der Waals surface area contributed by atoms with Crippen molar-refractivity contribution in [3.63, 3.8) is 0 Å². The average molecular weight is 296 g/mol. The highest BCUT2D eigenvalue weighted by molar-refractivity contribution is 5.91. The van der Waals surface area contributed by atoms with Crippen molar-refractivity contribution in [1.82, 2.24) is 0 Å². The molecule has 0 aliphatic rings. The lowest BCUT2D eigenvalue weighted by molar-refractivity contribution is -0.141. The van der Waals surface area contributed by atoms with Crippen molar-refractivity contribution in [2.45, 2.75) is 45.0 Å². The predicted octanol–water partition coefficient (Wildman–Crippen LogP) is 1.51. The van der Waals surface area contributed by atoms with Crippen molar-refractivity contribution in [3.05, 3.63) is 35.4 Å². The van der Waals surface area contributed by atoms with Crippen LogP contribution in [0, 0.1) is 0 Å². The second-order valence-electron chi connectivity index (χ2n) is 5.70. The largest absolute Gasteiger partial charge is 0.481 e. The minimum Gasteiger partial charge on any atom is -0.481 e. The van der Waals surface area contributed by atoms with Crippen LogP contribution in [0.3, 0.4) is 0 Å². The van der Waals surface area contributed by atoms with Gasteiger partial charge in [0.15, 0.2) is 0 Å². The minimum atomic E-state index is -1.51. The number of ether oxygens (including phenoxy) is 1. The van der Waals surface area contributed by atoms with Crippen LogP contribution in [0.1, 0.15) is 49.2 Å². The first-order valence-electron chi connectivity index (χ1n) is 6.52. The molecule has 0 heterocycles. The summed E-state index contributed by atoms with van der Waals surface area (Å²) in [5.41, 5.74) is -0.459. The van der Waals surface area contributed by atoms with E-state index in [2.05, 4.69) is 0 Å². The van der Waals surface area contributed by atoms with Gasteiger partial charge in [-0.25, -0.2) is 4.79 Å². The third kappa shape index (κ3) is 5.17. The summed E-state index contributed by atoms with van der Waals surface area (Å²) in [5.74, 6) is -1.88. The maximum atomic E-state index is 12.1. The third-order valence-corrected chi connectivity index (χ3v) is 2.65. The Bertz CT molecular complexity index is 517. The maximum absolute atomic E-state index is 12.1. The van der Waals surface area contributed by atoms with Crippen molar-refractivity contribution in [2.24, 2.45) is 0 Å². The number of carboxylic acid groups (broad SMARTS) is 1. The number of aliphatic carboxylic acids is 1. The first-order valence-corrected chi connectivity index (χ1v) is 6.52. The van der Waals surface area contributed by atoms with E-state index in [4.69, 9.17) is 9.84 Å². The van der Waals surface area contributed by atoms with Crippen LogP contribution in [0.2, 0.25) is 0 Å².